The number of nitrogens with one attached hydrogen (secondary N) is 1. The lowest BCUT2D eigenvalue weighted by Gasteiger charge is -2.00. The van der Waals surface area contributed by atoms with Gasteiger partial charge in [0.05, 0.1) is 5.56 Å². The van der Waals surface area contributed by atoms with E-state index < -0.39 is 21.9 Å². The maximum absolute atomic E-state index is 11.1. The largest absolute Gasteiger partial charge is 0.481 e. The number of rotatable bonds is 10. The van der Waals surface area contributed by atoms with Crippen molar-refractivity contribution in [3.05, 3.63) is 29.8 Å². The summed E-state index contributed by atoms with van der Waals surface area (Å²) < 4.78 is 24.2. The molecule has 6 nitrogen and oxygen atoms in total. The number of aliphatic carboxylic acids is 1. The van der Waals surface area contributed by atoms with Crippen molar-refractivity contribution in [2.24, 2.45) is 0 Å². The van der Waals surface area contributed by atoms with Crippen molar-refractivity contribution in [3.8, 4) is 0 Å². The summed E-state index contributed by atoms with van der Waals surface area (Å²) in [5.41, 5.74) is 0.220. The van der Waals surface area contributed by atoms with Gasteiger partial charge in [0.1, 0.15) is 4.90 Å². The second kappa shape index (κ2) is 11.7. The van der Waals surface area contributed by atoms with Crippen molar-refractivity contribution >= 4 is 21.9 Å². The van der Waals surface area contributed by atoms with Crippen molar-refractivity contribution in [2.45, 2.75) is 76.0 Å². The number of carbonyl (C=O) groups is 2. The third kappa shape index (κ3) is 7.99. The fraction of sp³-hybridized carbons (Fsp3) is 0.579. The number of carboxylic acids is 1. The molecule has 146 valence electrons. The monoisotopic (exact) mass is 383 g/mol. The van der Waals surface area contributed by atoms with Gasteiger partial charge < -0.3 is 5.11 Å². The number of carbonyl (C=O) groups excluding carboxylic acids is 1. The highest BCUT2D eigenvalue weighted by molar-refractivity contribution is 7.90. The molecule has 0 aromatic heterocycles. The van der Waals surface area contributed by atoms with Crippen LogP contribution in [0.4, 0.5) is 0 Å². The molecule has 26 heavy (non-hydrogen) atoms. The number of amides is 1. The third-order valence-electron chi connectivity index (χ3n) is 4.14. The minimum absolute atomic E-state index is 0.0648. The van der Waals surface area contributed by atoms with Crippen LogP contribution in [0.3, 0.4) is 0 Å². The van der Waals surface area contributed by atoms with Crippen molar-refractivity contribution in [3.63, 3.8) is 0 Å². The highest BCUT2D eigenvalue weighted by Crippen LogP contribution is 2.20. The van der Waals surface area contributed by atoms with Gasteiger partial charge in [-0.15, -0.1) is 0 Å². The molecule has 1 aliphatic rings. The lowest BCUT2D eigenvalue weighted by molar-refractivity contribution is -0.137. The highest BCUT2D eigenvalue weighted by Gasteiger charge is 2.31. The summed E-state index contributed by atoms with van der Waals surface area (Å²) in [6, 6.07) is 6.09. The predicted molar refractivity (Wildman–Crippen MR) is 101 cm³/mol. The molecular formula is C19H29NO5S. The van der Waals surface area contributed by atoms with E-state index in [1.165, 1.54) is 57.1 Å². The van der Waals surface area contributed by atoms with Gasteiger partial charge in [-0.1, -0.05) is 70.4 Å². The topological polar surface area (TPSA) is 101 Å². The maximum Gasteiger partial charge on any atom is 0.303 e. The van der Waals surface area contributed by atoms with Gasteiger partial charge in [-0.05, 0) is 18.6 Å². The predicted octanol–water partition coefficient (Wildman–Crippen LogP) is 4.11. The lowest BCUT2D eigenvalue weighted by atomic mass is 10.1. The van der Waals surface area contributed by atoms with Gasteiger partial charge in [0.15, 0.2) is 0 Å². The summed E-state index contributed by atoms with van der Waals surface area (Å²) in [6.45, 7) is 2.23. The first kappa shape index (κ1) is 22.2. The zero-order valence-corrected chi connectivity index (χ0v) is 16.2. The molecule has 2 N–H and O–H groups in total. The molecule has 0 aliphatic carbocycles. The molecule has 0 saturated heterocycles. The Kier molecular flexibility index (Phi) is 9.95. The van der Waals surface area contributed by atoms with E-state index in [-0.39, 0.29) is 10.5 Å². The van der Waals surface area contributed by atoms with Gasteiger partial charge in [-0.2, -0.15) is 0 Å². The summed E-state index contributed by atoms with van der Waals surface area (Å²) in [4.78, 5) is 21.3. The molecule has 2 rings (SSSR count). The van der Waals surface area contributed by atoms with Crippen LogP contribution in [0.25, 0.3) is 0 Å². The first-order valence-electron chi connectivity index (χ1n) is 9.26. The molecule has 0 saturated carbocycles. The quantitative estimate of drug-likeness (QED) is 0.592. The van der Waals surface area contributed by atoms with Gasteiger partial charge in [-0.3, -0.25) is 9.59 Å². The normalized spacial score (nSPS) is 14.1. The lowest BCUT2D eigenvalue weighted by Crippen LogP contribution is -2.20. The van der Waals surface area contributed by atoms with Crippen LogP contribution >= 0.6 is 0 Å². The maximum atomic E-state index is 11.1. The fourth-order valence-electron chi connectivity index (χ4n) is 2.71. The molecule has 0 atom stereocenters. The van der Waals surface area contributed by atoms with E-state index in [1.807, 2.05) is 4.72 Å². The molecule has 0 fully saturated rings. The van der Waals surface area contributed by atoms with Crippen LogP contribution in [0.15, 0.2) is 29.2 Å². The van der Waals surface area contributed by atoms with Crippen molar-refractivity contribution in [1.29, 1.82) is 0 Å². The summed E-state index contributed by atoms with van der Waals surface area (Å²) in [7, 11) is -3.55. The van der Waals surface area contributed by atoms with E-state index in [9.17, 15) is 18.0 Å². The number of carboxylic acid groups (broad SMARTS) is 1. The van der Waals surface area contributed by atoms with Crippen LogP contribution in [-0.2, 0) is 14.8 Å². The number of fused-ring (bicyclic) bond motifs is 1. The van der Waals surface area contributed by atoms with E-state index >= 15 is 0 Å². The summed E-state index contributed by atoms with van der Waals surface area (Å²) >= 11 is 0. The number of hydrogen-bond acceptors (Lipinski definition) is 4. The Morgan fingerprint density at radius 1 is 0.962 bits per heavy atom. The summed E-state index contributed by atoms with van der Waals surface area (Å²) in [6.07, 6.45) is 11.5. The van der Waals surface area contributed by atoms with Gasteiger partial charge in [-0.25, -0.2) is 13.1 Å². The zero-order chi connectivity index (χ0) is 19.4. The van der Waals surface area contributed by atoms with Gasteiger partial charge in [0.2, 0.25) is 0 Å². The van der Waals surface area contributed by atoms with Crippen molar-refractivity contribution in [1.82, 2.24) is 4.72 Å². The molecule has 1 aromatic rings. The average Bonchev–Trinajstić information content (AvgIpc) is 2.83. The van der Waals surface area contributed by atoms with E-state index in [0.717, 1.165) is 12.8 Å². The van der Waals surface area contributed by atoms with Gasteiger partial charge in [0, 0.05) is 6.42 Å². The molecule has 7 heteroatoms. The van der Waals surface area contributed by atoms with E-state index in [0.29, 0.717) is 6.42 Å². The molecule has 0 unspecified atom stereocenters. The summed E-state index contributed by atoms with van der Waals surface area (Å²) in [5, 5.41) is 8.41. The van der Waals surface area contributed by atoms with E-state index in [2.05, 4.69) is 6.92 Å². The van der Waals surface area contributed by atoms with Crippen molar-refractivity contribution in [2.75, 3.05) is 0 Å². The molecule has 0 bridgehead atoms. The second-order valence-corrected chi connectivity index (χ2v) is 8.05. The van der Waals surface area contributed by atoms with Gasteiger partial charge >= 0.3 is 5.97 Å². The van der Waals surface area contributed by atoms with Crippen molar-refractivity contribution < 1.29 is 23.1 Å². The molecule has 1 heterocycles. The number of unbranched alkanes of at least 4 members (excludes halogenated alkanes) is 8. The molecule has 0 spiro atoms. The Balaban J connectivity index is 0.000000262. The van der Waals surface area contributed by atoms with Crippen LogP contribution in [0.2, 0.25) is 0 Å². The first-order valence-corrected chi connectivity index (χ1v) is 10.7. The number of benzene rings is 1. The Hall–Kier alpha value is -1.89. The van der Waals surface area contributed by atoms with Gasteiger partial charge in [0.25, 0.3) is 15.9 Å². The van der Waals surface area contributed by atoms with Crippen LogP contribution in [-0.4, -0.2) is 25.4 Å². The zero-order valence-electron chi connectivity index (χ0n) is 15.4. The Labute approximate surface area is 156 Å². The number of hydrogen-bond donors (Lipinski definition) is 2. The van der Waals surface area contributed by atoms with Crippen LogP contribution < -0.4 is 4.72 Å². The Morgan fingerprint density at radius 2 is 1.50 bits per heavy atom. The van der Waals surface area contributed by atoms with Crippen LogP contribution in [0.5, 0.6) is 0 Å². The molecule has 1 aromatic carbocycles. The SMILES string of the molecule is CCCCCCCCCCCC(=O)O.O=C1NS(=O)(=O)c2ccccc21. The van der Waals surface area contributed by atoms with E-state index in [1.54, 1.807) is 12.1 Å². The minimum Gasteiger partial charge on any atom is -0.481 e. The molecule has 0 radical (unpaired) electrons. The van der Waals surface area contributed by atoms with Crippen LogP contribution in [0.1, 0.15) is 81.5 Å². The fourth-order valence-corrected chi connectivity index (χ4v) is 3.88. The standard InChI is InChI=1S/C12H24O2.C7H5NO3S/c1-2-3-4-5-6-7-8-9-10-11-12(13)14;9-7-5-3-1-2-4-6(5)12(10,11)8-7/h2-11H2,1H3,(H,13,14);1-4H,(H,8,9). The Morgan fingerprint density at radius 3 is 2.04 bits per heavy atom. The second-order valence-electron chi connectivity index (χ2n) is 6.40. The summed E-state index contributed by atoms with van der Waals surface area (Å²) in [5.74, 6) is -1.21. The number of sulfonamides is 1. The van der Waals surface area contributed by atoms with Crippen LogP contribution in [0, 0.1) is 0 Å². The first-order chi connectivity index (χ1) is 12.4. The Bertz CT molecular complexity index is 685. The van der Waals surface area contributed by atoms with E-state index in [4.69, 9.17) is 5.11 Å². The molecule has 1 amide bonds. The molecular weight excluding hydrogens is 354 g/mol. The smallest absolute Gasteiger partial charge is 0.303 e. The average molecular weight is 384 g/mol. The molecule has 1 aliphatic heterocycles. The minimum atomic E-state index is -3.55. The highest BCUT2D eigenvalue weighted by atomic mass is 32.2. The third-order valence-corrected chi connectivity index (χ3v) is 5.53.